The van der Waals surface area contributed by atoms with E-state index >= 15 is 0 Å². The number of nitrogens with zero attached hydrogens (tertiary/aromatic N) is 2. The van der Waals surface area contributed by atoms with E-state index in [4.69, 9.17) is 0 Å². The van der Waals surface area contributed by atoms with E-state index in [0.29, 0.717) is 36.8 Å². The third kappa shape index (κ3) is 16.4. The number of rotatable bonds is 23. The summed E-state index contributed by atoms with van der Waals surface area (Å²) >= 11 is 0. The molecule has 0 saturated carbocycles. The first-order chi connectivity index (χ1) is 38.7. The Morgan fingerprint density at radius 2 is 0.854 bits per heavy atom. The number of unbranched alkanes of at least 4 members (excludes halogenated alkanes) is 3. The van der Waals surface area contributed by atoms with E-state index in [1.807, 2.05) is 48.5 Å². The van der Waals surface area contributed by atoms with Crippen LogP contribution in [0, 0.1) is 0 Å². The topological polar surface area (TPSA) is 239 Å². The fourth-order valence-electron chi connectivity index (χ4n) is 11.7. The van der Waals surface area contributed by atoms with Crippen molar-refractivity contribution in [1.82, 2.24) is 52.3 Å². The van der Waals surface area contributed by atoms with Gasteiger partial charge in [-0.15, -0.1) is 24.8 Å². The molecule has 0 spiro atoms. The Labute approximate surface area is 494 Å². The molecule has 0 bridgehead atoms. The lowest BCUT2D eigenvalue weighted by Gasteiger charge is -2.32. The van der Waals surface area contributed by atoms with Gasteiger partial charge in [0.05, 0.1) is 24.2 Å². The van der Waals surface area contributed by atoms with Crippen molar-refractivity contribution >= 4 is 72.1 Å². The molecule has 4 aromatic rings. The molecule has 20 heteroatoms. The Hall–Kier alpha value is -6.86. The molecule has 82 heavy (non-hydrogen) atoms. The van der Waals surface area contributed by atoms with Crippen molar-refractivity contribution in [3.8, 4) is 0 Å². The molecule has 0 unspecified atom stereocenters. The van der Waals surface area contributed by atoms with Crippen molar-refractivity contribution in [3.63, 3.8) is 0 Å². The van der Waals surface area contributed by atoms with Gasteiger partial charge in [0.1, 0.15) is 24.2 Å². The maximum atomic E-state index is 14.9. The van der Waals surface area contributed by atoms with Crippen LogP contribution in [0.15, 0.2) is 109 Å². The zero-order chi connectivity index (χ0) is 56.7. The van der Waals surface area contributed by atoms with Gasteiger partial charge in [0.2, 0.25) is 35.4 Å². The number of hydrogen-bond donors (Lipinski definition) is 8. The second-order valence-corrected chi connectivity index (χ2v) is 22.0. The van der Waals surface area contributed by atoms with Crippen molar-refractivity contribution in [3.05, 3.63) is 143 Å². The summed E-state index contributed by atoms with van der Waals surface area (Å²) in [4.78, 5) is 116. The maximum absolute atomic E-state index is 14.9. The summed E-state index contributed by atoms with van der Waals surface area (Å²) < 4.78 is 0. The first kappa shape index (κ1) is 64.3. The third-order valence-electron chi connectivity index (χ3n) is 16.5. The van der Waals surface area contributed by atoms with E-state index in [1.165, 1.54) is 20.9 Å². The van der Waals surface area contributed by atoms with Gasteiger partial charge >= 0.3 is 0 Å². The van der Waals surface area contributed by atoms with Crippen LogP contribution in [0.3, 0.4) is 0 Å². The fourth-order valence-corrected chi connectivity index (χ4v) is 11.7. The molecule has 8 amide bonds. The van der Waals surface area contributed by atoms with Crippen LogP contribution in [0.5, 0.6) is 0 Å². The van der Waals surface area contributed by atoms with Gasteiger partial charge in [-0.1, -0.05) is 111 Å². The number of carbonyl (C=O) groups is 8. The number of nitrogens with one attached hydrogen (secondary N) is 8. The van der Waals surface area contributed by atoms with Crippen LogP contribution in [0.4, 0.5) is 0 Å². The molecule has 4 aromatic carbocycles. The normalized spacial score (nSPS) is 21.3. The molecule has 4 aliphatic rings. The van der Waals surface area contributed by atoms with E-state index in [1.54, 1.807) is 76.5 Å². The van der Waals surface area contributed by atoms with Crippen LogP contribution in [0.2, 0.25) is 0 Å². The number of aryl methyl sites for hydroxylation is 2. The van der Waals surface area contributed by atoms with Gasteiger partial charge in [0.25, 0.3) is 11.8 Å². The fraction of sp³-hybridized carbons (Fsp3) is 0.484. The molecule has 0 aromatic heterocycles. The van der Waals surface area contributed by atoms with Crippen molar-refractivity contribution in [1.29, 1.82) is 0 Å². The molecule has 8 N–H and O–H groups in total. The SMILES string of the molecule is CN[C@@H](C)C(=O)N[C@@H](CCCCCC[C@H](NC(=O)[C@H](C)NC)C(=O)N1C[C@@H](NC(=O)c2ccccc2)C[C@H]1C(=O)N[C@@H]1CCCc2ccccc21)C(=O)N1C[C@@H](NC(=O)c2ccccc2)C[C@H]1C(=O)N[C@@H]1CCCc2ccccc21.Cl.Cl. The standard InChI is InChI=1S/C62H80N10O8.2ClH/c1-39(63-3)55(73)69-51(61(79)71-37-45(65-57(75)43-23-9-7-10-24-43)35-53(71)59(77)67-49-33-19-27-41-21-15-17-29-47(41)49)31-13-5-6-14-32-52(70-56(74)40(2)64-4)62(80)72-38-46(66-58(76)44-25-11-8-12-26-44)36-54(72)60(78)68-50-34-20-28-42-22-16-18-30-48(42)50;;/h7-12,15-18,21-26,29-30,39-40,45-46,49-54,63-64H,5-6,13-14,19-20,27-28,31-38H2,1-4H3,(H,65,75)(H,66,76)(H,67,77)(H,68,78)(H,69,73)(H,70,74);2*1H/t39-,40-,45-,46-,49+,50+,51-,52-,53-,54-;;/m0../s1. The summed E-state index contributed by atoms with van der Waals surface area (Å²) in [6.45, 7) is 3.52. The number of likely N-dealkylation sites (tertiary alicyclic amines) is 2. The van der Waals surface area contributed by atoms with Crippen LogP contribution in [-0.2, 0) is 41.6 Å². The average Bonchev–Trinajstić information content (AvgIpc) is 4.27. The first-order valence-electron chi connectivity index (χ1n) is 28.8. The Balaban J connectivity index is 0.00000541. The summed E-state index contributed by atoms with van der Waals surface area (Å²) in [6, 6.07) is 27.0. The highest BCUT2D eigenvalue weighted by atomic mass is 35.5. The van der Waals surface area contributed by atoms with Gasteiger partial charge in [0.15, 0.2) is 0 Å². The number of carbonyl (C=O) groups excluding carboxylic acids is 8. The van der Waals surface area contributed by atoms with Crippen molar-refractivity contribution in [2.75, 3.05) is 27.2 Å². The van der Waals surface area contributed by atoms with E-state index < -0.39 is 60.1 Å². The highest BCUT2D eigenvalue weighted by Gasteiger charge is 2.45. The zero-order valence-electron chi connectivity index (χ0n) is 47.5. The van der Waals surface area contributed by atoms with Gasteiger partial charge in [-0.05, 0) is 139 Å². The third-order valence-corrected chi connectivity index (χ3v) is 16.5. The van der Waals surface area contributed by atoms with Crippen molar-refractivity contribution in [2.24, 2.45) is 0 Å². The van der Waals surface area contributed by atoms with E-state index in [2.05, 4.69) is 54.7 Å². The number of fused-ring (bicyclic) bond motifs is 2. The minimum Gasteiger partial charge on any atom is -0.347 e. The second kappa shape index (κ2) is 31.0. The number of halogens is 2. The maximum Gasteiger partial charge on any atom is 0.251 e. The van der Waals surface area contributed by atoms with Crippen molar-refractivity contribution in [2.45, 2.75) is 164 Å². The van der Waals surface area contributed by atoms with Gasteiger partial charge in [-0.2, -0.15) is 0 Å². The van der Waals surface area contributed by atoms with Crippen LogP contribution >= 0.6 is 24.8 Å². The first-order valence-corrected chi connectivity index (χ1v) is 28.8. The highest BCUT2D eigenvalue weighted by molar-refractivity contribution is 5.97. The number of likely N-dealkylation sites (N-methyl/N-ethyl adjacent to an activating group) is 2. The Bertz CT molecular complexity index is 2640. The lowest BCUT2D eigenvalue weighted by atomic mass is 9.87. The summed E-state index contributed by atoms with van der Waals surface area (Å²) in [5, 5.41) is 24.4. The van der Waals surface area contributed by atoms with E-state index in [0.717, 1.165) is 49.7 Å². The molecule has 442 valence electrons. The van der Waals surface area contributed by atoms with Crippen LogP contribution in [-0.4, -0.2) is 133 Å². The number of hydrogen-bond acceptors (Lipinski definition) is 10. The van der Waals surface area contributed by atoms with Gasteiger partial charge in [0, 0.05) is 36.3 Å². The molecule has 2 aliphatic carbocycles. The van der Waals surface area contributed by atoms with Gasteiger partial charge in [-0.3, -0.25) is 38.4 Å². The molecule has 2 saturated heterocycles. The summed E-state index contributed by atoms with van der Waals surface area (Å²) in [5.74, 6) is -2.91. The van der Waals surface area contributed by atoms with Crippen LogP contribution in [0.25, 0.3) is 0 Å². The van der Waals surface area contributed by atoms with E-state index in [9.17, 15) is 38.4 Å². The molecular formula is C62H82Cl2N10O8. The summed E-state index contributed by atoms with van der Waals surface area (Å²) in [6.07, 6.45) is 8.13. The van der Waals surface area contributed by atoms with Crippen LogP contribution < -0.4 is 42.5 Å². The average molecular weight is 1170 g/mol. The van der Waals surface area contributed by atoms with Gasteiger partial charge < -0.3 is 52.3 Å². The summed E-state index contributed by atoms with van der Waals surface area (Å²) in [7, 11) is 3.31. The minimum absolute atomic E-state index is 0. The Kier molecular flexibility index (Phi) is 24.3. The predicted octanol–water partition coefficient (Wildman–Crippen LogP) is 5.54. The Morgan fingerprint density at radius 1 is 0.488 bits per heavy atom. The largest absolute Gasteiger partial charge is 0.347 e. The van der Waals surface area contributed by atoms with E-state index in [-0.39, 0.29) is 111 Å². The minimum atomic E-state index is -1.00. The second-order valence-electron chi connectivity index (χ2n) is 22.0. The monoisotopic (exact) mass is 1160 g/mol. The molecule has 10 atom stereocenters. The smallest absolute Gasteiger partial charge is 0.251 e. The van der Waals surface area contributed by atoms with Crippen LogP contribution in [0.1, 0.15) is 146 Å². The molecule has 0 radical (unpaired) electrons. The molecule has 18 nitrogen and oxygen atoms in total. The molecule has 2 heterocycles. The molecule has 2 aliphatic heterocycles. The van der Waals surface area contributed by atoms with Gasteiger partial charge in [-0.25, -0.2) is 0 Å². The quantitative estimate of drug-likeness (QED) is 0.0432. The molecule has 2 fully saturated rings. The zero-order valence-corrected chi connectivity index (χ0v) is 49.1. The lowest BCUT2D eigenvalue weighted by Crippen LogP contribution is -2.56. The number of benzene rings is 4. The molecule has 8 rings (SSSR count). The van der Waals surface area contributed by atoms with Crippen molar-refractivity contribution < 1.29 is 38.4 Å². The summed E-state index contributed by atoms with van der Waals surface area (Å²) in [5.41, 5.74) is 5.36. The Morgan fingerprint density at radius 3 is 1.23 bits per heavy atom. The number of amides is 8. The molecular weight excluding hydrogens is 1080 g/mol. The lowest BCUT2D eigenvalue weighted by molar-refractivity contribution is -0.142. The predicted molar refractivity (Wildman–Crippen MR) is 319 cm³/mol. The highest BCUT2D eigenvalue weighted by Crippen LogP contribution is 2.33.